The van der Waals surface area contributed by atoms with Gasteiger partial charge < -0.3 is 19.9 Å². The quantitative estimate of drug-likeness (QED) is 0.667. The van der Waals surface area contributed by atoms with Gasteiger partial charge in [0.2, 0.25) is 11.8 Å². The summed E-state index contributed by atoms with van der Waals surface area (Å²) in [5.74, 6) is -1.39. The van der Waals surface area contributed by atoms with Crippen molar-refractivity contribution < 1.29 is 23.9 Å². The summed E-state index contributed by atoms with van der Waals surface area (Å²) in [4.78, 5) is 51.4. The first kappa shape index (κ1) is 22.7. The number of esters is 1. The van der Waals surface area contributed by atoms with E-state index in [1.807, 2.05) is 0 Å². The van der Waals surface area contributed by atoms with Crippen LogP contribution in [-0.2, 0) is 19.1 Å². The van der Waals surface area contributed by atoms with Crippen LogP contribution in [0.2, 0.25) is 5.02 Å². The maximum absolute atomic E-state index is 12.4. The molecule has 0 aromatic heterocycles. The maximum atomic E-state index is 12.4. The van der Waals surface area contributed by atoms with E-state index in [1.54, 1.807) is 30.0 Å². The lowest BCUT2D eigenvalue weighted by atomic mass is 9.97. The molecule has 1 aromatic carbocycles. The molecule has 1 N–H and O–H groups in total. The molecule has 1 aliphatic heterocycles. The largest absolute Gasteiger partial charge is 0.466 e. The summed E-state index contributed by atoms with van der Waals surface area (Å²) < 4.78 is 5.02. The summed E-state index contributed by atoms with van der Waals surface area (Å²) in [6.07, 6.45) is 1.11. The number of hydrogen-bond acceptors (Lipinski definition) is 5. The Labute approximate surface area is 175 Å². The second-order valence-corrected chi connectivity index (χ2v) is 7.29. The Balaban J connectivity index is 1.75. The van der Waals surface area contributed by atoms with Crippen molar-refractivity contribution in [2.45, 2.75) is 19.8 Å². The summed E-state index contributed by atoms with van der Waals surface area (Å²) in [5, 5.41) is 2.95. The van der Waals surface area contributed by atoms with Crippen molar-refractivity contribution in [1.29, 1.82) is 0 Å². The lowest BCUT2D eigenvalue weighted by Crippen LogP contribution is -2.47. The molecule has 0 atom stereocenters. The van der Waals surface area contributed by atoms with Crippen molar-refractivity contribution >= 4 is 35.3 Å². The first-order valence-corrected chi connectivity index (χ1v) is 9.91. The number of likely N-dealkylation sites (tertiary alicyclic amines) is 1. The molecule has 3 amide bonds. The molecule has 8 nitrogen and oxygen atoms in total. The highest BCUT2D eigenvalue weighted by molar-refractivity contribution is 6.31. The maximum Gasteiger partial charge on any atom is 0.309 e. The number of ether oxygens (including phenoxy) is 1. The zero-order valence-corrected chi connectivity index (χ0v) is 17.4. The highest BCUT2D eigenvalue weighted by atomic mass is 35.5. The van der Waals surface area contributed by atoms with Gasteiger partial charge in [-0.1, -0.05) is 17.7 Å². The van der Waals surface area contributed by atoms with Gasteiger partial charge in [0, 0.05) is 30.7 Å². The van der Waals surface area contributed by atoms with Crippen LogP contribution in [0.4, 0.5) is 0 Å². The van der Waals surface area contributed by atoms with Crippen molar-refractivity contribution in [1.82, 2.24) is 15.1 Å². The zero-order valence-electron chi connectivity index (χ0n) is 16.7. The SMILES string of the molecule is CCOC(=O)C1CCN(C(=O)CN(C)C(=O)CNC(=O)c2cccc(Cl)c2)CC1. The van der Waals surface area contributed by atoms with Crippen molar-refractivity contribution in [3.8, 4) is 0 Å². The van der Waals surface area contributed by atoms with E-state index >= 15 is 0 Å². The van der Waals surface area contributed by atoms with Gasteiger partial charge in [-0.25, -0.2) is 0 Å². The van der Waals surface area contributed by atoms with Crippen LogP contribution in [0, 0.1) is 5.92 Å². The van der Waals surface area contributed by atoms with Gasteiger partial charge in [0.05, 0.1) is 25.6 Å². The molecular formula is C20H26ClN3O5. The molecule has 9 heteroatoms. The van der Waals surface area contributed by atoms with Gasteiger partial charge >= 0.3 is 5.97 Å². The molecule has 1 heterocycles. The summed E-state index contributed by atoms with van der Waals surface area (Å²) in [5.41, 5.74) is 0.355. The van der Waals surface area contributed by atoms with E-state index in [0.29, 0.717) is 43.1 Å². The van der Waals surface area contributed by atoms with Crippen LogP contribution in [-0.4, -0.2) is 73.3 Å². The smallest absolute Gasteiger partial charge is 0.309 e. The summed E-state index contributed by atoms with van der Waals surface area (Å²) in [6.45, 7) is 2.71. The first-order chi connectivity index (χ1) is 13.8. The van der Waals surface area contributed by atoms with Gasteiger partial charge in [0.25, 0.3) is 5.91 Å². The van der Waals surface area contributed by atoms with Crippen LogP contribution in [0.25, 0.3) is 0 Å². The van der Waals surface area contributed by atoms with Crippen molar-refractivity contribution in [3.05, 3.63) is 34.9 Å². The van der Waals surface area contributed by atoms with Gasteiger partial charge in [0.15, 0.2) is 0 Å². The second-order valence-electron chi connectivity index (χ2n) is 6.85. The molecule has 0 radical (unpaired) electrons. The number of benzene rings is 1. The number of nitrogens with zero attached hydrogens (tertiary/aromatic N) is 2. The van der Waals surface area contributed by atoms with Crippen LogP contribution in [0.3, 0.4) is 0 Å². The number of amides is 3. The first-order valence-electron chi connectivity index (χ1n) is 9.54. The molecule has 0 aliphatic carbocycles. The molecule has 1 saturated heterocycles. The Hall–Kier alpha value is -2.61. The van der Waals surface area contributed by atoms with Crippen molar-refractivity contribution in [2.24, 2.45) is 5.92 Å². The predicted molar refractivity (Wildman–Crippen MR) is 107 cm³/mol. The van der Waals surface area contributed by atoms with Crippen LogP contribution >= 0.6 is 11.6 Å². The van der Waals surface area contributed by atoms with Gasteiger partial charge in [-0.2, -0.15) is 0 Å². The normalized spacial score (nSPS) is 14.2. The van der Waals surface area contributed by atoms with E-state index < -0.39 is 5.91 Å². The van der Waals surface area contributed by atoms with E-state index in [-0.39, 0.29) is 36.8 Å². The van der Waals surface area contributed by atoms with E-state index in [0.717, 1.165) is 0 Å². The van der Waals surface area contributed by atoms with Crippen LogP contribution in [0.15, 0.2) is 24.3 Å². The van der Waals surface area contributed by atoms with Gasteiger partial charge in [-0.15, -0.1) is 0 Å². The number of carbonyl (C=O) groups excluding carboxylic acids is 4. The molecule has 0 unspecified atom stereocenters. The van der Waals surface area contributed by atoms with Gasteiger partial charge in [-0.3, -0.25) is 19.2 Å². The Bertz CT molecular complexity index is 762. The fourth-order valence-electron chi connectivity index (χ4n) is 3.04. The summed E-state index contributed by atoms with van der Waals surface area (Å²) in [7, 11) is 1.51. The molecule has 2 rings (SSSR count). The molecule has 0 saturated carbocycles. The molecule has 1 fully saturated rings. The number of carbonyl (C=O) groups is 4. The van der Waals surface area contributed by atoms with Crippen LogP contribution in [0.1, 0.15) is 30.1 Å². The third-order valence-electron chi connectivity index (χ3n) is 4.75. The highest BCUT2D eigenvalue weighted by Crippen LogP contribution is 2.19. The highest BCUT2D eigenvalue weighted by Gasteiger charge is 2.29. The van der Waals surface area contributed by atoms with Crippen LogP contribution < -0.4 is 5.32 Å². The zero-order chi connectivity index (χ0) is 21.4. The second kappa shape index (κ2) is 10.8. The minimum absolute atomic E-state index is 0.0874. The number of hydrogen-bond donors (Lipinski definition) is 1. The molecule has 0 bridgehead atoms. The molecule has 158 valence electrons. The third-order valence-corrected chi connectivity index (χ3v) is 4.99. The Morgan fingerprint density at radius 2 is 1.93 bits per heavy atom. The number of rotatable bonds is 7. The summed E-state index contributed by atoms with van der Waals surface area (Å²) in [6, 6.07) is 6.40. The van der Waals surface area contributed by atoms with Crippen LogP contribution in [0.5, 0.6) is 0 Å². The fourth-order valence-corrected chi connectivity index (χ4v) is 3.23. The minimum Gasteiger partial charge on any atom is -0.466 e. The van der Waals surface area contributed by atoms with E-state index in [2.05, 4.69) is 5.32 Å². The Morgan fingerprint density at radius 3 is 2.55 bits per heavy atom. The van der Waals surface area contributed by atoms with Gasteiger partial charge in [0.1, 0.15) is 0 Å². The fraction of sp³-hybridized carbons (Fsp3) is 0.500. The van der Waals surface area contributed by atoms with E-state index in [4.69, 9.17) is 16.3 Å². The predicted octanol–water partition coefficient (Wildman–Crippen LogP) is 1.33. The molecule has 1 aliphatic rings. The lowest BCUT2D eigenvalue weighted by Gasteiger charge is -2.32. The average Bonchev–Trinajstić information content (AvgIpc) is 2.71. The lowest BCUT2D eigenvalue weighted by molar-refractivity contribution is -0.151. The van der Waals surface area contributed by atoms with E-state index in [1.165, 1.54) is 18.0 Å². The van der Waals surface area contributed by atoms with Gasteiger partial charge in [-0.05, 0) is 38.0 Å². The monoisotopic (exact) mass is 423 g/mol. The Morgan fingerprint density at radius 1 is 1.24 bits per heavy atom. The number of nitrogens with one attached hydrogen (secondary N) is 1. The number of piperidine rings is 1. The average molecular weight is 424 g/mol. The summed E-state index contributed by atoms with van der Waals surface area (Å²) >= 11 is 5.85. The standard InChI is InChI=1S/C20H26ClN3O5/c1-3-29-20(28)14-7-9-24(10-8-14)18(26)13-23(2)17(25)12-22-19(27)15-5-4-6-16(21)11-15/h4-6,11,14H,3,7-10,12-13H2,1-2H3,(H,22,27). The van der Waals surface area contributed by atoms with E-state index in [9.17, 15) is 19.2 Å². The molecule has 0 spiro atoms. The molecule has 29 heavy (non-hydrogen) atoms. The minimum atomic E-state index is -0.415. The topological polar surface area (TPSA) is 96.0 Å². The number of halogens is 1. The third kappa shape index (κ3) is 6.74. The molecule has 1 aromatic rings. The van der Waals surface area contributed by atoms with Crippen molar-refractivity contribution in [3.63, 3.8) is 0 Å². The van der Waals surface area contributed by atoms with Crippen molar-refractivity contribution in [2.75, 3.05) is 39.8 Å². The number of likely N-dealkylation sites (N-methyl/N-ethyl adjacent to an activating group) is 1. The Kier molecular flexibility index (Phi) is 8.45. The molecular weight excluding hydrogens is 398 g/mol.